The van der Waals surface area contributed by atoms with Crippen LogP contribution in [-0.4, -0.2) is 73.9 Å². The number of para-hydroxylation sites is 1. The zero-order valence-electron chi connectivity index (χ0n) is 21.0. The molecule has 3 heterocycles. The molecule has 5 fully saturated rings. The van der Waals surface area contributed by atoms with Crippen molar-refractivity contribution in [1.82, 2.24) is 9.80 Å². The molecule has 35 heavy (non-hydrogen) atoms. The van der Waals surface area contributed by atoms with Crippen LogP contribution in [0.15, 0.2) is 24.3 Å². The van der Waals surface area contributed by atoms with E-state index in [4.69, 9.17) is 9.47 Å². The Bertz CT molecular complexity index is 886. The van der Waals surface area contributed by atoms with Gasteiger partial charge in [0.1, 0.15) is 5.75 Å². The number of rotatable bonds is 7. The molecule has 6 heteroatoms. The van der Waals surface area contributed by atoms with Crippen molar-refractivity contribution < 1.29 is 18.7 Å². The average molecular weight is 485 g/mol. The molecule has 0 N–H and O–H groups in total. The third-order valence-electron chi connectivity index (χ3n) is 9.53. The van der Waals surface area contributed by atoms with Gasteiger partial charge in [0.2, 0.25) is 0 Å². The number of halogens is 1. The van der Waals surface area contributed by atoms with Crippen LogP contribution in [0.3, 0.4) is 0 Å². The molecule has 3 aliphatic heterocycles. The SMILES string of the molecule is O=C(C(F)C1CC1)N1CC2(CC[C@@H](N3CCC(c4ccccc4OCC4CCOCC4)CC3)C2)C1. The predicted octanol–water partition coefficient (Wildman–Crippen LogP) is 4.80. The highest BCUT2D eigenvalue weighted by Gasteiger charge is 2.52. The molecule has 192 valence electrons. The van der Waals surface area contributed by atoms with E-state index in [9.17, 15) is 9.18 Å². The van der Waals surface area contributed by atoms with Gasteiger partial charge in [0.05, 0.1) is 6.61 Å². The highest BCUT2D eigenvalue weighted by Crippen LogP contribution is 2.49. The summed E-state index contributed by atoms with van der Waals surface area (Å²) in [6, 6.07) is 9.29. The number of piperidine rings is 1. The fourth-order valence-corrected chi connectivity index (χ4v) is 7.11. The van der Waals surface area contributed by atoms with Gasteiger partial charge in [0.25, 0.3) is 5.91 Å². The number of benzene rings is 1. The highest BCUT2D eigenvalue weighted by atomic mass is 19.1. The summed E-state index contributed by atoms with van der Waals surface area (Å²) in [4.78, 5) is 16.9. The van der Waals surface area contributed by atoms with Crippen LogP contribution in [0.1, 0.15) is 69.3 Å². The number of likely N-dealkylation sites (tertiary alicyclic amines) is 2. The summed E-state index contributed by atoms with van der Waals surface area (Å²) in [5, 5.41) is 0. The zero-order valence-corrected chi connectivity index (χ0v) is 21.0. The second kappa shape index (κ2) is 10.0. The molecule has 1 spiro atoms. The monoisotopic (exact) mass is 484 g/mol. The number of ether oxygens (including phenoxy) is 2. The first-order valence-corrected chi connectivity index (χ1v) is 14.1. The summed E-state index contributed by atoms with van der Waals surface area (Å²) >= 11 is 0. The molecular formula is C29H41FN2O3. The summed E-state index contributed by atoms with van der Waals surface area (Å²) in [6.07, 6.45) is 8.66. The van der Waals surface area contributed by atoms with Gasteiger partial charge in [-0.3, -0.25) is 4.79 Å². The quantitative estimate of drug-likeness (QED) is 0.558. The molecule has 2 saturated carbocycles. The third kappa shape index (κ3) is 5.11. The Morgan fingerprint density at radius 1 is 1.06 bits per heavy atom. The van der Waals surface area contributed by atoms with E-state index in [0.717, 1.165) is 77.4 Å². The predicted molar refractivity (Wildman–Crippen MR) is 133 cm³/mol. The van der Waals surface area contributed by atoms with E-state index < -0.39 is 6.17 Å². The summed E-state index contributed by atoms with van der Waals surface area (Å²) in [6.45, 7) is 6.36. The number of carbonyl (C=O) groups excluding carboxylic acids is 1. The minimum atomic E-state index is -1.24. The summed E-state index contributed by atoms with van der Waals surface area (Å²) in [5.74, 6) is 2.02. The van der Waals surface area contributed by atoms with Crippen LogP contribution >= 0.6 is 0 Å². The van der Waals surface area contributed by atoms with E-state index in [1.165, 1.54) is 37.7 Å². The second-order valence-electron chi connectivity index (χ2n) is 12.0. The summed E-state index contributed by atoms with van der Waals surface area (Å²) in [5.41, 5.74) is 1.64. The van der Waals surface area contributed by atoms with Crippen LogP contribution < -0.4 is 4.74 Å². The fraction of sp³-hybridized carbons (Fsp3) is 0.759. The first-order chi connectivity index (χ1) is 17.1. The van der Waals surface area contributed by atoms with Crippen molar-refractivity contribution in [1.29, 1.82) is 0 Å². The first kappa shape index (κ1) is 23.7. The molecule has 0 aromatic heterocycles. The lowest BCUT2D eigenvalue weighted by atomic mass is 9.77. The second-order valence-corrected chi connectivity index (χ2v) is 12.0. The standard InChI is InChI=1S/C29H41FN2O3/c30-27(23-5-6-23)28(33)32-19-29(20-32)12-7-24(17-29)31-13-8-22(9-14-31)25-3-1-2-4-26(25)35-18-21-10-15-34-16-11-21/h1-4,21-24,27H,5-20H2/t24-,27?/m1/s1. The molecule has 3 saturated heterocycles. The van der Waals surface area contributed by atoms with Gasteiger partial charge < -0.3 is 19.3 Å². The van der Waals surface area contributed by atoms with E-state index in [2.05, 4.69) is 29.2 Å². The van der Waals surface area contributed by atoms with Gasteiger partial charge >= 0.3 is 0 Å². The minimum absolute atomic E-state index is 0.00839. The molecule has 6 rings (SSSR count). The van der Waals surface area contributed by atoms with Crippen LogP contribution in [0, 0.1) is 17.3 Å². The minimum Gasteiger partial charge on any atom is -0.493 e. The van der Waals surface area contributed by atoms with E-state index in [0.29, 0.717) is 17.9 Å². The van der Waals surface area contributed by atoms with Gasteiger partial charge in [-0.25, -0.2) is 4.39 Å². The number of amides is 1. The van der Waals surface area contributed by atoms with Gasteiger partial charge in [-0.2, -0.15) is 0 Å². The van der Waals surface area contributed by atoms with Crippen LogP contribution in [-0.2, 0) is 9.53 Å². The van der Waals surface area contributed by atoms with Crippen LogP contribution in [0.5, 0.6) is 5.75 Å². The van der Waals surface area contributed by atoms with Crippen molar-refractivity contribution in [2.24, 2.45) is 17.3 Å². The van der Waals surface area contributed by atoms with Crippen LogP contribution in [0.4, 0.5) is 4.39 Å². The van der Waals surface area contributed by atoms with Gasteiger partial charge in [-0.1, -0.05) is 18.2 Å². The zero-order chi connectivity index (χ0) is 23.8. The smallest absolute Gasteiger partial charge is 0.257 e. The van der Waals surface area contributed by atoms with Crippen molar-refractivity contribution in [3.05, 3.63) is 29.8 Å². The third-order valence-corrected chi connectivity index (χ3v) is 9.53. The number of alkyl halides is 1. The normalized spacial score (nSPS) is 28.7. The lowest BCUT2D eigenvalue weighted by Crippen LogP contribution is -2.59. The first-order valence-electron chi connectivity index (χ1n) is 14.1. The molecule has 1 aromatic carbocycles. The van der Waals surface area contributed by atoms with Gasteiger partial charge in [-0.15, -0.1) is 0 Å². The molecule has 0 bridgehead atoms. The van der Waals surface area contributed by atoms with E-state index in [1.807, 2.05) is 0 Å². The van der Waals surface area contributed by atoms with Crippen molar-refractivity contribution in [3.63, 3.8) is 0 Å². The number of nitrogens with zero attached hydrogens (tertiary/aromatic N) is 2. The fourth-order valence-electron chi connectivity index (χ4n) is 7.11. The summed E-state index contributed by atoms with van der Waals surface area (Å²) < 4.78 is 26.1. The van der Waals surface area contributed by atoms with Crippen molar-refractivity contribution >= 4 is 5.91 Å². The van der Waals surface area contributed by atoms with Gasteiger partial charge in [0.15, 0.2) is 6.17 Å². The average Bonchev–Trinajstić information content (AvgIpc) is 3.64. The van der Waals surface area contributed by atoms with Crippen molar-refractivity contribution in [2.45, 2.75) is 75.9 Å². The lowest BCUT2D eigenvalue weighted by Gasteiger charge is -2.49. The molecule has 0 radical (unpaired) electrons. The Morgan fingerprint density at radius 2 is 1.80 bits per heavy atom. The lowest BCUT2D eigenvalue weighted by molar-refractivity contribution is -0.149. The highest BCUT2D eigenvalue weighted by molar-refractivity contribution is 5.82. The largest absolute Gasteiger partial charge is 0.493 e. The Hall–Kier alpha value is -1.66. The Balaban J connectivity index is 0.984. The van der Waals surface area contributed by atoms with Crippen LogP contribution in [0.25, 0.3) is 0 Å². The molecule has 1 aromatic rings. The van der Waals surface area contributed by atoms with E-state index >= 15 is 0 Å². The molecule has 5 nitrogen and oxygen atoms in total. The van der Waals surface area contributed by atoms with Crippen molar-refractivity contribution in [3.8, 4) is 5.75 Å². The number of carbonyl (C=O) groups is 1. The van der Waals surface area contributed by atoms with Gasteiger partial charge in [0, 0.05) is 37.8 Å². The number of hydrogen-bond donors (Lipinski definition) is 0. The van der Waals surface area contributed by atoms with Crippen LogP contribution in [0.2, 0.25) is 0 Å². The van der Waals surface area contributed by atoms with Gasteiger partial charge in [-0.05, 0) is 100 Å². The number of hydrogen-bond acceptors (Lipinski definition) is 4. The maximum atomic E-state index is 14.2. The topological polar surface area (TPSA) is 42.0 Å². The van der Waals surface area contributed by atoms with E-state index in [-0.39, 0.29) is 17.2 Å². The molecule has 5 aliphatic rings. The molecule has 2 aliphatic carbocycles. The molecule has 2 atom stereocenters. The Labute approximate surface area is 209 Å². The van der Waals surface area contributed by atoms with Crippen molar-refractivity contribution in [2.75, 3.05) is 46.0 Å². The van der Waals surface area contributed by atoms with E-state index in [1.54, 1.807) is 4.90 Å². The molecule has 1 amide bonds. The Morgan fingerprint density at radius 3 is 2.54 bits per heavy atom. The molecular weight excluding hydrogens is 443 g/mol. The maximum absolute atomic E-state index is 14.2. The Kier molecular flexibility index (Phi) is 6.78. The molecule has 1 unspecified atom stereocenters. The summed E-state index contributed by atoms with van der Waals surface area (Å²) in [7, 11) is 0. The maximum Gasteiger partial charge on any atom is 0.257 e.